The summed E-state index contributed by atoms with van der Waals surface area (Å²) in [5, 5.41) is 16.6. The van der Waals surface area contributed by atoms with Gasteiger partial charge in [0, 0.05) is 6.42 Å². The Morgan fingerprint density at radius 1 is 1.67 bits per heavy atom. The first kappa shape index (κ1) is 8.87. The second kappa shape index (κ2) is 3.97. The van der Waals surface area contributed by atoms with Gasteiger partial charge in [0.05, 0.1) is 11.8 Å². The molecule has 0 aliphatic heterocycles. The molecule has 0 spiro atoms. The van der Waals surface area contributed by atoms with E-state index in [2.05, 4.69) is 10.2 Å². The highest BCUT2D eigenvalue weighted by atomic mass is 32.2. The van der Waals surface area contributed by atoms with E-state index in [1.165, 1.54) is 16.4 Å². The Kier molecular flexibility index (Phi) is 2.94. The van der Waals surface area contributed by atoms with Gasteiger partial charge < -0.3 is 5.84 Å². The Morgan fingerprint density at radius 2 is 2.42 bits per heavy atom. The van der Waals surface area contributed by atoms with Crippen molar-refractivity contribution in [3.63, 3.8) is 0 Å². The third-order valence-corrected chi connectivity index (χ3v) is 2.13. The first-order valence-electron chi connectivity index (χ1n) is 3.48. The molecule has 6 heteroatoms. The van der Waals surface area contributed by atoms with Gasteiger partial charge in [0.2, 0.25) is 5.16 Å². The Bertz CT molecular complexity index is 299. The predicted octanol–water partition coefficient (Wildman–Crippen LogP) is 0.170. The number of rotatable bonds is 3. The zero-order chi connectivity index (χ0) is 8.97. The quantitative estimate of drug-likeness (QED) is 0.533. The van der Waals surface area contributed by atoms with Gasteiger partial charge in [-0.15, -0.1) is 10.2 Å². The van der Waals surface area contributed by atoms with Crippen molar-refractivity contribution in [1.82, 2.24) is 14.9 Å². The molecule has 0 saturated carbocycles. The summed E-state index contributed by atoms with van der Waals surface area (Å²) in [7, 11) is 0. The van der Waals surface area contributed by atoms with E-state index in [0.717, 1.165) is 12.2 Å². The number of nitriles is 1. The van der Waals surface area contributed by atoms with Crippen molar-refractivity contribution in [3.05, 3.63) is 5.82 Å². The topological polar surface area (TPSA) is 80.5 Å². The fraction of sp³-hybridized carbons (Fsp3) is 0.500. The molecule has 0 amide bonds. The van der Waals surface area contributed by atoms with Crippen LogP contribution in [-0.4, -0.2) is 20.6 Å². The third kappa shape index (κ3) is 1.68. The van der Waals surface area contributed by atoms with Gasteiger partial charge in [0.1, 0.15) is 0 Å². The van der Waals surface area contributed by atoms with Crippen molar-refractivity contribution in [2.75, 3.05) is 11.6 Å². The molecule has 1 aromatic rings. The van der Waals surface area contributed by atoms with Gasteiger partial charge in [-0.2, -0.15) is 5.26 Å². The molecular weight excluding hydrogens is 174 g/mol. The van der Waals surface area contributed by atoms with Gasteiger partial charge >= 0.3 is 0 Å². The van der Waals surface area contributed by atoms with Gasteiger partial charge in [-0.05, 0) is 0 Å². The fourth-order valence-electron chi connectivity index (χ4n) is 0.744. The van der Waals surface area contributed by atoms with Crippen LogP contribution in [0.4, 0.5) is 0 Å². The zero-order valence-corrected chi connectivity index (χ0v) is 7.51. The van der Waals surface area contributed by atoms with Crippen molar-refractivity contribution in [2.24, 2.45) is 0 Å². The molecule has 0 fully saturated rings. The lowest BCUT2D eigenvalue weighted by Crippen LogP contribution is -2.13. The van der Waals surface area contributed by atoms with Crippen molar-refractivity contribution in [3.8, 4) is 6.07 Å². The number of hydrogen-bond donors (Lipinski definition) is 1. The Labute approximate surface area is 74.5 Å². The molecule has 0 aliphatic rings. The molecule has 2 N–H and O–H groups in total. The molecule has 0 aliphatic carbocycles. The van der Waals surface area contributed by atoms with Crippen molar-refractivity contribution < 1.29 is 0 Å². The van der Waals surface area contributed by atoms with Crippen LogP contribution in [0.1, 0.15) is 12.7 Å². The smallest absolute Gasteiger partial charge is 0.210 e. The number of nitrogens with two attached hydrogens (primary N) is 1. The summed E-state index contributed by atoms with van der Waals surface area (Å²) in [5.74, 6) is 6.69. The first-order valence-corrected chi connectivity index (χ1v) is 4.47. The van der Waals surface area contributed by atoms with E-state index >= 15 is 0 Å². The maximum atomic E-state index is 8.31. The van der Waals surface area contributed by atoms with Crippen LogP contribution in [0.3, 0.4) is 0 Å². The van der Waals surface area contributed by atoms with Crippen LogP contribution in [0, 0.1) is 11.3 Å². The van der Waals surface area contributed by atoms with Crippen molar-refractivity contribution in [2.45, 2.75) is 18.5 Å². The van der Waals surface area contributed by atoms with Crippen LogP contribution in [0.5, 0.6) is 0 Å². The van der Waals surface area contributed by atoms with Crippen LogP contribution in [-0.2, 0) is 6.42 Å². The zero-order valence-electron chi connectivity index (χ0n) is 6.69. The molecule has 0 radical (unpaired) electrons. The van der Waals surface area contributed by atoms with E-state index in [1.54, 1.807) is 0 Å². The minimum atomic E-state index is 0.346. The minimum Gasteiger partial charge on any atom is -0.336 e. The van der Waals surface area contributed by atoms with Crippen LogP contribution in [0.25, 0.3) is 0 Å². The van der Waals surface area contributed by atoms with Gasteiger partial charge in [-0.25, -0.2) is 4.68 Å². The Hall–Kier alpha value is -1.22. The van der Waals surface area contributed by atoms with Crippen LogP contribution in [0.15, 0.2) is 5.16 Å². The molecule has 1 aromatic heterocycles. The molecule has 1 heterocycles. The number of thioether (sulfide) groups is 1. The van der Waals surface area contributed by atoms with Crippen molar-refractivity contribution >= 4 is 11.8 Å². The summed E-state index contributed by atoms with van der Waals surface area (Å²) in [6.07, 6.45) is 0.747. The maximum absolute atomic E-state index is 8.31. The van der Waals surface area contributed by atoms with E-state index in [1.807, 2.05) is 13.0 Å². The minimum absolute atomic E-state index is 0.346. The van der Waals surface area contributed by atoms with E-state index in [0.29, 0.717) is 10.9 Å². The summed E-state index contributed by atoms with van der Waals surface area (Å²) < 4.78 is 1.42. The van der Waals surface area contributed by atoms with Crippen LogP contribution < -0.4 is 5.84 Å². The van der Waals surface area contributed by atoms with Gasteiger partial charge in [-0.3, -0.25) is 0 Å². The monoisotopic (exact) mass is 183 g/mol. The molecule has 0 saturated heterocycles. The lowest BCUT2D eigenvalue weighted by molar-refractivity contribution is 0.797. The summed E-state index contributed by atoms with van der Waals surface area (Å²) in [6.45, 7) is 1.95. The second-order valence-corrected chi connectivity index (χ2v) is 3.01. The van der Waals surface area contributed by atoms with Crippen LogP contribution >= 0.6 is 11.8 Å². The van der Waals surface area contributed by atoms with E-state index in [-0.39, 0.29) is 0 Å². The molecule has 0 aromatic carbocycles. The van der Waals surface area contributed by atoms with Gasteiger partial charge in [-0.1, -0.05) is 18.7 Å². The third-order valence-electron chi connectivity index (χ3n) is 1.32. The van der Waals surface area contributed by atoms with Gasteiger partial charge in [0.15, 0.2) is 5.82 Å². The molecule has 12 heavy (non-hydrogen) atoms. The Morgan fingerprint density at radius 3 is 2.92 bits per heavy atom. The fourth-order valence-corrected chi connectivity index (χ4v) is 1.28. The number of hydrogen-bond acceptors (Lipinski definition) is 5. The average molecular weight is 183 g/mol. The lowest BCUT2D eigenvalue weighted by Gasteiger charge is -1.97. The van der Waals surface area contributed by atoms with Gasteiger partial charge in [0.25, 0.3) is 0 Å². The summed E-state index contributed by atoms with van der Waals surface area (Å²) >= 11 is 1.29. The highest BCUT2D eigenvalue weighted by molar-refractivity contribution is 7.99. The highest BCUT2D eigenvalue weighted by Crippen LogP contribution is 2.13. The molecule has 64 valence electrons. The number of nitrogen functional groups attached to an aromatic ring is 1. The maximum Gasteiger partial charge on any atom is 0.210 e. The van der Waals surface area contributed by atoms with E-state index in [9.17, 15) is 0 Å². The Balaban J connectivity index is 2.74. The molecular formula is C6H9N5S. The highest BCUT2D eigenvalue weighted by Gasteiger charge is 2.06. The largest absolute Gasteiger partial charge is 0.336 e. The molecule has 0 bridgehead atoms. The number of nitrogens with zero attached hydrogens (tertiary/aromatic N) is 4. The standard InChI is InChI=1S/C6H9N5S/c1-2-5-9-10-6(11(5)8)12-4-3-7/h2,4,8H2,1H3. The van der Waals surface area contributed by atoms with E-state index in [4.69, 9.17) is 11.1 Å². The number of aromatic nitrogens is 3. The predicted molar refractivity (Wildman–Crippen MR) is 45.9 cm³/mol. The van der Waals surface area contributed by atoms with Crippen molar-refractivity contribution in [1.29, 1.82) is 5.26 Å². The van der Waals surface area contributed by atoms with Crippen LogP contribution in [0.2, 0.25) is 0 Å². The summed E-state index contributed by atoms with van der Waals surface area (Å²) in [6, 6.07) is 2.00. The lowest BCUT2D eigenvalue weighted by atomic mass is 10.5. The first-order chi connectivity index (χ1) is 5.79. The summed E-state index contributed by atoms with van der Waals surface area (Å²) in [4.78, 5) is 0. The second-order valence-electron chi connectivity index (χ2n) is 2.07. The SMILES string of the molecule is CCc1nnc(SCC#N)n1N. The average Bonchev–Trinajstić information content (AvgIpc) is 2.43. The summed E-state index contributed by atoms with van der Waals surface area (Å²) in [5.41, 5.74) is 0. The van der Waals surface area contributed by atoms with E-state index < -0.39 is 0 Å². The number of aryl methyl sites for hydroxylation is 1. The molecule has 1 rings (SSSR count). The molecule has 0 atom stereocenters. The molecule has 5 nitrogen and oxygen atoms in total. The molecule has 0 unspecified atom stereocenters. The normalized spacial score (nSPS) is 9.67.